The smallest absolute Gasteiger partial charge is 0.329 e. The molecule has 116 valence electrons. The number of rotatable bonds is 7. The highest BCUT2D eigenvalue weighted by Crippen LogP contribution is 2.32. The van der Waals surface area contributed by atoms with Gasteiger partial charge in [-0.15, -0.1) is 0 Å². The second kappa shape index (κ2) is 8.12. The lowest BCUT2D eigenvalue weighted by Crippen LogP contribution is -2.59. The lowest BCUT2D eigenvalue weighted by atomic mass is 9.76. The molecule has 5 heteroatoms. The molecule has 0 heterocycles. The van der Waals surface area contributed by atoms with Crippen LogP contribution in [-0.4, -0.2) is 29.2 Å². The average Bonchev–Trinajstić information content (AvgIpc) is 2.38. The molecule has 0 bridgehead atoms. The van der Waals surface area contributed by atoms with Crippen LogP contribution in [0.3, 0.4) is 0 Å². The first kappa shape index (κ1) is 16.8. The van der Waals surface area contributed by atoms with E-state index < -0.39 is 11.5 Å². The fourth-order valence-electron chi connectivity index (χ4n) is 2.93. The summed E-state index contributed by atoms with van der Waals surface area (Å²) in [5, 5.41) is 14.9. The number of hydrogen-bond donors (Lipinski definition) is 3. The van der Waals surface area contributed by atoms with Crippen LogP contribution in [0.25, 0.3) is 0 Å². The molecule has 2 amide bonds. The van der Waals surface area contributed by atoms with Gasteiger partial charge in [0.2, 0.25) is 0 Å². The van der Waals surface area contributed by atoms with Crippen LogP contribution in [0.2, 0.25) is 0 Å². The third-order valence-corrected chi connectivity index (χ3v) is 4.08. The number of amides is 2. The number of hydrogen-bond acceptors (Lipinski definition) is 2. The van der Waals surface area contributed by atoms with Gasteiger partial charge in [0.15, 0.2) is 0 Å². The molecular weight excluding hydrogens is 256 g/mol. The highest BCUT2D eigenvalue weighted by Gasteiger charge is 2.43. The van der Waals surface area contributed by atoms with Crippen molar-refractivity contribution in [2.24, 2.45) is 5.92 Å². The van der Waals surface area contributed by atoms with E-state index in [2.05, 4.69) is 17.6 Å². The number of carboxylic acid groups (broad SMARTS) is 1. The highest BCUT2D eigenvalue weighted by molar-refractivity contribution is 5.86. The molecule has 0 aromatic heterocycles. The van der Waals surface area contributed by atoms with Gasteiger partial charge in [0, 0.05) is 6.54 Å². The molecular formula is C15H28N2O3. The molecule has 1 aliphatic carbocycles. The Morgan fingerprint density at radius 3 is 2.65 bits per heavy atom. The maximum absolute atomic E-state index is 11.9. The van der Waals surface area contributed by atoms with Gasteiger partial charge in [0.05, 0.1) is 0 Å². The Morgan fingerprint density at radius 1 is 1.30 bits per heavy atom. The van der Waals surface area contributed by atoms with Gasteiger partial charge in [-0.25, -0.2) is 9.59 Å². The molecule has 1 aliphatic rings. The van der Waals surface area contributed by atoms with Crippen LogP contribution in [0.1, 0.15) is 65.2 Å². The number of carbonyl (C=O) groups is 2. The van der Waals surface area contributed by atoms with Gasteiger partial charge in [-0.05, 0) is 25.2 Å². The molecule has 1 saturated carbocycles. The van der Waals surface area contributed by atoms with Crippen LogP contribution in [-0.2, 0) is 4.79 Å². The Morgan fingerprint density at radius 2 is 2.05 bits per heavy atom. The van der Waals surface area contributed by atoms with Crippen LogP contribution in [0.15, 0.2) is 0 Å². The molecule has 0 aliphatic heterocycles. The van der Waals surface area contributed by atoms with Crippen molar-refractivity contribution in [1.29, 1.82) is 0 Å². The van der Waals surface area contributed by atoms with Crippen LogP contribution in [0, 0.1) is 5.92 Å². The summed E-state index contributed by atoms with van der Waals surface area (Å²) in [4.78, 5) is 23.4. The largest absolute Gasteiger partial charge is 0.480 e. The summed E-state index contributed by atoms with van der Waals surface area (Å²) < 4.78 is 0. The first-order valence-electron chi connectivity index (χ1n) is 7.79. The van der Waals surface area contributed by atoms with E-state index in [0.717, 1.165) is 32.1 Å². The predicted octanol–water partition coefficient (Wildman–Crippen LogP) is 2.90. The molecule has 3 N–H and O–H groups in total. The Bertz CT molecular complexity index is 333. The van der Waals surface area contributed by atoms with Crippen LogP contribution in [0.5, 0.6) is 0 Å². The van der Waals surface area contributed by atoms with Gasteiger partial charge in [-0.3, -0.25) is 0 Å². The van der Waals surface area contributed by atoms with Crippen molar-refractivity contribution >= 4 is 12.0 Å². The quantitative estimate of drug-likeness (QED) is 0.629. The summed E-state index contributed by atoms with van der Waals surface area (Å²) in [5.74, 6) is -0.574. The fraction of sp³-hybridized carbons (Fsp3) is 0.867. The molecule has 2 atom stereocenters. The third kappa shape index (κ3) is 5.02. The molecule has 0 spiro atoms. The number of urea groups is 1. The minimum atomic E-state index is -1.08. The zero-order valence-electron chi connectivity index (χ0n) is 12.7. The molecule has 0 radical (unpaired) electrons. The summed E-state index contributed by atoms with van der Waals surface area (Å²) in [6, 6.07) is -0.349. The zero-order valence-corrected chi connectivity index (χ0v) is 12.7. The van der Waals surface area contributed by atoms with Crippen molar-refractivity contribution in [2.45, 2.75) is 70.8 Å². The molecule has 1 rings (SSSR count). The first-order chi connectivity index (χ1) is 9.50. The van der Waals surface area contributed by atoms with Crippen molar-refractivity contribution in [1.82, 2.24) is 10.6 Å². The zero-order chi connectivity index (χ0) is 15.0. The maximum atomic E-state index is 11.9. The van der Waals surface area contributed by atoms with E-state index in [1.54, 1.807) is 0 Å². The average molecular weight is 284 g/mol. The Hall–Kier alpha value is -1.26. The molecule has 0 aromatic rings. The highest BCUT2D eigenvalue weighted by atomic mass is 16.4. The molecule has 5 nitrogen and oxygen atoms in total. The first-order valence-corrected chi connectivity index (χ1v) is 7.79. The van der Waals surface area contributed by atoms with Gasteiger partial charge in [0.1, 0.15) is 5.54 Å². The van der Waals surface area contributed by atoms with E-state index in [1.807, 2.05) is 6.92 Å². The van der Waals surface area contributed by atoms with Crippen molar-refractivity contribution in [3.8, 4) is 0 Å². The van der Waals surface area contributed by atoms with E-state index in [4.69, 9.17) is 0 Å². The normalized spacial score (nSPS) is 26.0. The Labute approximate surface area is 121 Å². The minimum Gasteiger partial charge on any atom is -0.480 e. The van der Waals surface area contributed by atoms with Crippen molar-refractivity contribution < 1.29 is 14.7 Å². The third-order valence-electron chi connectivity index (χ3n) is 4.08. The number of unbranched alkanes of at least 4 members (excludes halogenated alkanes) is 3. The maximum Gasteiger partial charge on any atom is 0.329 e. The number of aliphatic carboxylic acids is 1. The summed E-state index contributed by atoms with van der Waals surface area (Å²) in [7, 11) is 0. The van der Waals surface area contributed by atoms with E-state index in [0.29, 0.717) is 25.3 Å². The van der Waals surface area contributed by atoms with Crippen LogP contribution >= 0.6 is 0 Å². The van der Waals surface area contributed by atoms with E-state index in [9.17, 15) is 14.7 Å². The van der Waals surface area contributed by atoms with E-state index in [-0.39, 0.29) is 6.03 Å². The standard InChI is InChI=1S/C15H28N2O3/c1-3-4-5-6-10-16-14(20)17-15(13(18)19)9-7-8-12(2)11-15/h12H,3-11H2,1-2H3,(H,18,19)(H2,16,17,20). The van der Waals surface area contributed by atoms with Gasteiger partial charge in [-0.2, -0.15) is 0 Å². The van der Waals surface area contributed by atoms with E-state index >= 15 is 0 Å². The molecule has 20 heavy (non-hydrogen) atoms. The van der Waals surface area contributed by atoms with Crippen molar-refractivity contribution in [3.05, 3.63) is 0 Å². The van der Waals surface area contributed by atoms with Gasteiger partial charge in [-0.1, -0.05) is 46.0 Å². The lowest BCUT2D eigenvalue weighted by Gasteiger charge is -2.37. The number of nitrogens with one attached hydrogen (secondary N) is 2. The summed E-state index contributed by atoms with van der Waals surface area (Å²) >= 11 is 0. The van der Waals surface area contributed by atoms with Gasteiger partial charge < -0.3 is 15.7 Å². The molecule has 0 aromatic carbocycles. The van der Waals surface area contributed by atoms with Crippen LogP contribution in [0.4, 0.5) is 4.79 Å². The van der Waals surface area contributed by atoms with Gasteiger partial charge in [0.25, 0.3) is 0 Å². The van der Waals surface area contributed by atoms with Crippen LogP contribution < -0.4 is 10.6 Å². The lowest BCUT2D eigenvalue weighted by molar-refractivity contribution is -0.146. The van der Waals surface area contributed by atoms with E-state index in [1.165, 1.54) is 6.42 Å². The predicted molar refractivity (Wildman–Crippen MR) is 78.7 cm³/mol. The monoisotopic (exact) mass is 284 g/mol. The topological polar surface area (TPSA) is 78.4 Å². The van der Waals surface area contributed by atoms with Crippen molar-refractivity contribution in [2.75, 3.05) is 6.54 Å². The van der Waals surface area contributed by atoms with Crippen molar-refractivity contribution in [3.63, 3.8) is 0 Å². The second-order valence-corrected chi connectivity index (χ2v) is 6.03. The SMILES string of the molecule is CCCCCCNC(=O)NC1(C(=O)O)CCCC(C)C1. The Balaban J connectivity index is 2.41. The number of carbonyl (C=O) groups excluding carboxylic acids is 1. The fourth-order valence-corrected chi connectivity index (χ4v) is 2.93. The molecule has 1 fully saturated rings. The molecule has 0 saturated heterocycles. The minimum absolute atomic E-state index is 0.338. The number of carboxylic acids is 1. The van der Waals surface area contributed by atoms with Gasteiger partial charge >= 0.3 is 12.0 Å². The summed E-state index contributed by atoms with van der Waals surface area (Å²) in [6.45, 7) is 4.79. The second-order valence-electron chi connectivity index (χ2n) is 6.03. The summed E-state index contributed by atoms with van der Waals surface area (Å²) in [6.07, 6.45) is 7.29. The molecule has 2 unspecified atom stereocenters. The Kier molecular flexibility index (Phi) is 6.82. The summed E-state index contributed by atoms with van der Waals surface area (Å²) in [5.41, 5.74) is -1.08.